The van der Waals surface area contributed by atoms with Gasteiger partial charge in [-0.2, -0.15) is 22.8 Å². The lowest BCUT2D eigenvalue weighted by Crippen LogP contribution is -2.45. The Labute approximate surface area is 193 Å². The highest BCUT2D eigenvalue weighted by Gasteiger charge is 2.30. The maximum absolute atomic E-state index is 13.6. The lowest BCUT2D eigenvalue weighted by atomic mass is 10.0. The SMILES string of the molecule is Fc1ccc(-c2nn3c(OCC(F)(F)F)cccc3c2C2=CC=NC(NC3CCCC3)N2)cc1. The molecule has 2 aromatic heterocycles. The van der Waals surface area contributed by atoms with Crippen LogP contribution in [0, 0.1) is 5.82 Å². The molecule has 2 aliphatic rings. The molecule has 34 heavy (non-hydrogen) atoms. The molecule has 0 bridgehead atoms. The van der Waals surface area contributed by atoms with Crippen molar-refractivity contribution in [3.63, 3.8) is 0 Å². The van der Waals surface area contributed by atoms with Crippen LogP contribution in [0.4, 0.5) is 17.6 Å². The number of allylic oxidation sites excluding steroid dienone is 1. The van der Waals surface area contributed by atoms with E-state index in [0.717, 1.165) is 12.8 Å². The minimum Gasteiger partial charge on any atom is -0.468 e. The van der Waals surface area contributed by atoms with Crippen LogP contribution in [0.2, 0.25) is 0 Å². The number of nitrogens with zero attached hydrogens (tertiary/aromatic N) is 3. The highest BCUT2D eigenvalue weighted by molar-refractivity contribution is 5.95. The van der Waals surface area contributed by atoms with E-state index in [1.54, 1.807) is 36.6 Å². The van der Waals surface area contributed by atoms with Gasteiger partial charge in [-0.3, -0.25) is 10.3 Å². The quantitative estimate of drug-likeness (QED) is 0.500. The molecule has 2 N–H and O–H groups in total. The largest absolute Gasteiger partial charge is 0.468 e. The molecule has 1 aliphatic carbocycles. The van der Waals surface area contributed by atoms with Gasteiger partial charge in [-0.25, -0.2) is 4.39 Å². The molecule has 1 aromatic carbocycles. The first-order valence-corrected chi connectivity index (χ1v) is 11.1. The minimum atomic E-state index is -4.49. The maximum Gasteiger partial charge on any atom is 0.422 e. The Bertz CT molecular complexity index is 1230. The fourth-order valence-corrected chi connectivity index (χ4v) is 4.38. The van der Waals surface area contributed by atoms with Crippen LogP contribution in [-0.4, -0.2) is 40.9 Å². The Morgan fingerprint density at radius 2 is 1.85 bits per heavy atom. The number of hydrogen-bond donors (Lipinski definition) is 2. The van der Waals surface area contributed by atoms with Crippen molar-refractivity contribution in [1.82, 2.24) is 20.2 Å². The third kappa shape index (κ3) is 4.77. The average molecular weight is 473 g/mol. The molecular formula is C24H23F4N5O. The summed E-state index contributed by atoms with van der Waals surface area (Å²) in [5, 5.41) is 11.4. The summed E-state index contributed by atoms with van der Waals surface area (Å²) in [5.41, 5.74) is 3.01. The van der Waals surface area contributed by atoms with Crippen LogP contribution in [0.15, 0.2) is 53.5 Å². The minimum absolute atomic E-state index is 0.0462. The van der Waals surface area contributed by atoms with E-state index in [0.29, 0.717) is 34.1 Å². The molecule has 1 aliphatic heterocycles. The molecule has 1 saturated carbocycles. The van der Waals surface area contributed by atoms with Crippen LogP contribution in [-0.2, 0) is 0 Å². The van der Waals surface area contributed by atoms with E-state index in [1.807, 2.05) is 0 Å². The van der Waals surface area contributed by atoms with Crippen molar-refractivity contribution < 1.29 is 22.3 Å². The molecule has 1 unspecified atom stereocenters. The Kier molecular flexibility index (Phi) is 5.99. The molecule has 3 heterocycles. The van der Waals surface area contributed by atoms with Gasteiger partial charge in [-0.1, -0.05) is 18.9 Å². The Morgan fingerprint density at radius 1 is 1.09 bits per heavy atom. The first-order valence-electron chi connectivity index (χ1n) is 11.1. The molecular weight excluding hydrogens is 450 g/mol. The number of pyridine rings is 1. The van der Waals surface area contributed by atoms with E-state index >= 15 is 0 Å². The predicted octanol–water partition coefficient (Wildman–Crippen LogP) is 4.91. The second-order valence-electron chi connectivity index (χ2n) is 8.37. The van der Waals surface area contributed by atoms with E-state index in [-0.39, 0.29) is 12.2 Å². The summed E-state index contributed by atoms with van der Waals surface area (Å²) < 4.78 is 58.4. The lowest BCUT2D eigenvalue weighted by molar-refractivity contribution is -0.154. The van der Waals surface area contributed by atoms with Gasteiger partial charge in [-0.15, -0.1) is 0 Å². The Hall–Kier alpha value is -3.40. The molecule has 1 atom stereocenters. The van der Waals surface area contributed by atoms with Gasteiger partial charge in [0.25, 0.3) is 0 Å². The monoisotopic (exact) mass is 473 g/mol. The molecule has 0 saturated heterocycles. The zero-order valence-electron chi connectivity index (χ0n) is 18.1. The number of halogens is 4. The summed E-state index contributed by atoms with van der Waals surface area (Å²) >= 11 is 0. The third-order valence-electron chi connectivity index (χ3n) is 5.91. The fraction of sp³-hybridized carbons (Fsp3) is 0.333. The third-order valence-corrected chi connectivity index (χ3v) is 5.91. The molecule has 3 aromatic rings. The average Bonchev–Trinajstić information content (AvgIpc) is 3.46. The predicted molar refractivity (Wildman–Crippen MR) is 121 cm³/mol. The normalized spacial score (nSPS) is 18.8. The Morgan fingerprint density at radius 3 is 2.59 bits per heavy atom. The number of aromatic nitrogens is 2. The molecule has 0 radical (unpaired) electrons. The van der Waals surface area contributed by atoms with E-state index in [4.69, 9.17) is 4.74 Å². The van der Waals surface area contributed by atoms with Crippen LogP contribution in [0.1, 0.15) is 31.2 Å². The molecule has 10 heteroatoms. The van der Waals surface area contributed by atoms with Crippen molar-refractivity contribution in [3.05, 3.63) is 59.9 Å². The highest BCUT2D eigenvalue weighted by Crippen LogP contribution is 2.34. The fourth-order valence-electron chi connectivity index (χ4n) is 4.38. The van der Waals surface area contributed by atoms with Gasteiger partial charge >= 0.3 is 6.18 Å². The number of aliphatic imine (C=N–C) groups is 1. The summed E-state index contributed by atoms with van der Waals surface area (Å²) in [6.07, 6.45) is 3.19. The van der Waals surface area contributed by atoms with Gasteiger partial charge in [-0.05, 0) is 49.2 Å². The summed E-state index contributed by atoms with van der Waals surface area (Å²) in [6, 6.07) is 11.0. The summed E-state index contributed by atoms with van der Waals surface area (Å²) in [4.78, 5) is 4.47. The standard InChI is InChI=1S/C24H23F4N5O/c25-16-10-8-15(9-11-16)22-21(18-12-13-29-23(31-18)30-17-4-1-2-5-17)19-6-3-7-20(33(19)32-22)34-14-24(26,27)28/h3,6-13,17,23,30-31H,1-2,4-5,14H2. The summed E-state index contributed by atoms with van der Waals surface area (Å²) in [5.74, 6) is -0.443. The second kappa shape index (κ2) is 9.09. The number of alkyl halides is 3. The smallest absolute Gasteiger partial charge is 0.422 e. The number of ether oxygens (including phenoxy) is 1. The molecule has 0 spiro atoms. The lowest BCUT2D eigenvalue weighted by Gasteiger charge is -2.25. The number of rotatable bonds is 6. The molecule has 178 valence electrons. The molecule has 6 nitrogen and oxygen atoms in total. The van der Waals surface area contributed by atoms with Gasteiger partial charge in [0.2, 0.25) is 5.88 Å². The van der Waals surface area contributed by atoms with Crippen LogP contribution >= 0.6 is 0 Å². The maximum atomic E-state index is 13.6. The van der Waals surface area contributed by atoms with E-state index in [1.165, 1.54) is 35.6 Å². The van der Waals surface area contributed by atoms with Crippen molar-refractivity contribution in [3.8, 4) is 17.1 Å². The van der Waals surface area contributed by atoms with E-state index < -0.39 is 18.6 Å². The molecule has 5 rings (SSSR count). The highest BCUT2D eigenvalue weighted by atomic mass is 19.4. The van der Waals surface area contributed by atoms with Gasteiger partial charge in [0.15, 0.2) is 12.9 Å². The zero-order valence-corrected chi connectivity index (χ0v) is 18.1. The van der Waals surface area contributed by atoms with Crippen molar-refractivity contribution in [1.29, 1.82) is 0 Å². The van der Waals surface area contributed by atoms with E-state index in [9.17, 15) is 17.6 Å². The summed E-state index contributed by atoms with van der Waals surface area (Å²) in [6.45, 7) is -1.44. The Balaban J connectivity index is 1.56. The van der Waals surface area contributed by atoms with Gasteiger partial charge in [0.05, 0.1) is 11.1 Å². The molecule has 1 fully saturated rings. The summed E-state index contributed by atoms with van der Waals surface area (Å²) in [7, 11) is 0. The topological polar surface area (TPSA) is 63.0 Å². The van der Waals surface area contributed by atoms with Crippen LogP contribution in [0.5, 0.6) is 5.88 Å². The number of benzene rings is 1. The van der Waals surface area contributed by atoms with Crippen molar-refractivity contribution >= 4 is 17.4 Å². The van der Waals surface area contributed by atoms with Crippen molar-refractivity contribution in [2.75, 3.05) is 6.61 Å². The second-order valence-corrected chi connectivity index (χ2v) is 8.37. The van der Waals surface area contributed by atoms with E-state index in [2.05, 4.69) is 20.7 Å². The first-order chi connectivity index (χ1) is 16.4. The number of fused-ring (bicyclic) bond motifs is 1. The van der Waals surface area contributed by atoms with Crippen molar-refractivity contribution in [2.24, 2.45) is 4.99 Å². The number of hydrogen-bond acceptors (Lipinski definition) is 5. The molecule has 0 amide bonds. The zero-order chi connectivity index (χ0) is 23.7. The van der Waals surface area contributed by atoms with Crippen molar-refractivity contribution in [2.45, 2.75) is 44.2 Å². The van der Waals surface area contributed by atoms with Crippen LogP contribution < -0.4 is 15.4 Å². The first kappa shape index (κ1) is 22.4. The van der Waals surface area contributed by atoms with Gasteiger partial charge in [0, 0.05) is 29.6 Å². The van der Waals surface area contributed by atoms with Gasteiger partial charge < -0.3 is 10.1 Å². The van der Waals surface area contributed by atoms with Crippen LogP contribution in [0.3, 0.4) is 0 Å². The van der Waals surface area contributed by atoms with Crippen LogP contribution in [0.25, 0.3) is 22.5 Å². The number of nitrogens with one attached hydrogen (secondary N) is 2. The van der Waals surface area contributed by atoms with Gasteiger partial charge in [0.1, 0.15) is 11.5 Å².